The summed E-state index contributed by atoms with van der Waals surface area (Å²) < 4.78 is 2.12. The summed E-state index contributed by atoms with van der Waals surface area (Å²) in [4.78, 5) is 27.3. The number of benzene rings is 1. The minimum absolute atomic E-state index is 0.0808. The van der Waals surface area contributed by atoms with E-state index in [4.69, 9.17) is 0 Å². The van der Waals surface area contributed by atoms with Gasteiger partial charge in [0.25, 0.3) is 5.91 Å². The van der Waals surface area contributed by atoms with Gasteiger partial charge in [0.15, 0.2) is 0 Å². The molecule has 27 heavy (non-hydrogen) atoms. The van der Waals surface area contributed by atoms with Crippen LogP contribution in [0.1, 0.15) is 47.8 Å². The number of para-hydroxylation sites is 1. The maximum absolute atomic E-state index is 12.7. The predicted octanol–water partition coefficient (Wildman–Crippen LogP) is 2.69. The molecule has 2 aromatic rings. The van der Waals surface area contributed by atoms with E-state index in [9.17, 15) is 9.59 Å². The van der Waals surface area contributed by atoms with Gasteiger partial charge in [0.1, 0.15) is 0 Å². The molecule has 1 aliphatic carbocycles. The summed E-state index contributed by atoms with van der Waals surface area (Å²) in [5.41, 5.74) is 2.35. The van der Waals surface area contributed by atoms with Gasteiger partial charge in [0.2, 0.25) is 5.91 Å². The number of aryl methyl sites for hydroxylation is 1. The number of nitrogens with one attached hydrogen (secondary N) is 2. The lowest BCUT2D eigenvalue weighted by atomic mass is 10.1. The van der Waals surface area contributed by atoms with Crippen LogP contribution in [0.25, 0.3) is 0 Å². The second kappa shape index (κ2) is 7.56. The fourth-order valence-electron chi connectivity index (χ4n) is 3.83. The third-order valence-corrected chi connectivity index (χ3v) is 5.39. The van der Waals surface area contributed by atoms with E-state index in [-0.39, 0.29) is 23.9 Å². The van der Waals surface area contributed by atoms with Gasteiger partial charge in [0.05, 0.1) is 23.8 Å². The summed E-state index contributed by atoms with van der Waals surface area (Å²) in [7, 11) is 2.04. The van der Waals surface area contributed by atoms with Crippen LogP contribution in [0.5, 0.6) is 0 Å². The molecule has 1 aromatic carbocycles. The normalized spacial score (nSPS) is 19.8. The first-order valence-corrected chi connectivity index (χ1v) is 9.67. The Morgan fingerprint density at radius 1 is 1.11 bits per heavy atom. The molecule has 0 radical (unpaired) electrons. The largest absolute Gasteiger partial charge is 0.353 e. The van der Waals surface area contributed by atoms with Crippen molar-refractivity contribution in [2.24, 2.45) is 7.05 Å². The van der Waals surface area contributed by atoms with Gasteiger partial charge in [0, 0.05) is 25.0 Å². The maximum Gasteiger partial charge on any atom is 0.253 e. The molecule has 2 N–H and O–H groups in total. The molecular weight excluding hydrogens is 340 g/mol. The van der Waals surface area contributed by atoms with E-state index in [1.54, 1.807) is 12.1 Å². The van der Waals surface area contributed by atoms with Gasteiger partial charge >= 0.3 is 0 Å². The molecule has 4 rings (SSSR count). The number of hydrogen-bond acceptors (Lipinski definition) is 3. The molecule has 142 valence electrons. The smallest absolute Gasteiger partial charge is 0.253 e. The van der Waals surface area contributed by atoms with Crippen molar-refractivity contribution in [3.8, 4) is 0 Å². The quantitative estimate of drug-likeness (QED) is 0.826. The molecule has 1 saturated carbocycles. The zero-order valence-corrected chi connectivity index (χ0v) is 15.6. The van der Waals surface area contributed by atoms with Crippen LogP contribution in [-0.4, -0.2) is 40.4 Å². The number of aromatic nitrogens is 1. The zero-order chi connectivity index (χ0) is 18.8. The van der Waals surface area contributed by atoms with Crippen molar-refractivity contribution in [2.75, 3.05) is 18.4 Å². The molecule has 1 aromatic heterocycles. The topological polar surface area (TPSA) is 66.4 Å². The molecule has 6 heteroatoms. The summed E-state index contributed by atoms with van der Waals surface area (Å²) in [6.07, 6.45) is 6.27. The molecule has 0 spiro atoms. The second-order valence-corrected chi connectivity index (χ2v) is 7.51. The van der Waals surface area contributed by atoms with Crippen LogP contribution in [0.15, 0.2) is 42.6 Å². The van der Waals surface area contributed by atoms with Crippen LogP contribution in [0.3, 0.4) is 0 Å². The monoisotopic (exact) mass is 366 g/mol. The van der Waals surface area contributed by atoms with Gasteiger partial charge in [-0.1, -0.05) is 12.1 Å². The highest BCUT2D eigenvalue weighted by Crippen LogP contribution is 2.31. The van der Waals surface area contributed by atoms with E-state index < -0.39 is 0 Å². The lowest BCUT2D eigenvalue weighted by Crippen LogP contribution is -2.34. The molecule has 0 unspecified atom stereocenters. The molecule has 1 aliphatic heterocycles. The highest BCUT2D eigenvalue weighted by Gasteiger charge is 2.29. The van der Waals surface area contributed by atoms with Gasteiger partial charge in [-0.3, -0.25) is 14.5 Å². The van der Waals surface area contributed by atoms with E-state index in [1.165, 1.54) is 5.69 Å². The highest BCUT2D eigenvalue weighted by atomic mass is 16.2. The fraction of sp³-hybridized carbons (Fsp3) is 0.429. The molecular formula is C21H26N4O2. The Hall–Kier alpha value is -2.60. The van der Waals surface area contributed by atoms with Gasteiger partial charge < -0.3 is 15.2 Å². The summed E-state index contributed by atoms with van der Waals surface area (Å²) in [5, 5.41) is 5.93. The lowest BCUT2D eigenvalue weighted by Gasteiger charge is -2.24. The van der Waals surface area contributed by atoms with Gasteiger partial charge in [-0.25, -0.2) is 0 Å². The van der Waals surface area contributed by atoms with Crippen molar-refractivity contribution in [1.29, 1.82) is 0 Å². The molecule has 1 saturated heterocycles. The molecule has 2 aliphatic rings. The van der Waals surface area contributed by atoms with Crippen molar-refractivity contribution in [1.82, 2.24) is 14.8 Å². The van der Waals surface area contributed by atoms with E-state index in [0.717, 1.165) is 32.2 Å². The number of amides is 2. The third kappa shape index (κ3) is 4.06. The van der Waals surface area contributed by atoms with Crippen LogP contribution in [0.2, 0.25) is 0 Å². The summed E-state index contributed by atoms with van der Waals surface area (Å²) >= 11 is 0. The van der Waals surface area contributed by atoms with Crippen molar-refractivity contribution >= 4 is 17.5 Å². The second-order valence-electron chi connectivity index (χ2n) is 7.51. The Morgan fingerprint density at radius 2 is 1.93 bits per heavy atom. The van der Waals surface area contributed by atoms with E-state index in [1.807, 2.05) is 31.4 Å². The molecule has 2 fully saturated rings. The van der Waals surface area contributed by atoms with Crippen molar-refractivity contribution < 1.29 is 9.59 Å². The molecule has 2 amide bonds. The van der Waals surface area contributed by atoms with Crippen molar-refractivity contribution in [3.63, 3.8) is 0 Å². The minimum Gasteiger partial charge on any atom is -0.353 e. The molecule has 2 heterocycles. The Kier molecular flexibility index (Phi) is 4.99. The highest BCUT2D eigenvalue weighted by molar-refractivity contribution is 6.04. The van der Waals surface area contributed by atoms with Crippen LogP contribution >= 0.6 is 0 Å². The first kappa shape index (κ1) is 17.8. The number of carbonyl (C=O) groups is 2. The average Bonchev–Trinajstić information content (AvgIpc) is 3.18. The zero-order valence-electron chi connectivity index (χ0n) is 15.6. The van der Waals surface area contributed by atoms with Crippen molar-refractivity contribution in [2.45, 2.75) is 37.8 Å². The molecule has 0 bridgehead atoms. The molecule has 1 atom stereocenters. The van der Waals surface area contributed by atoms with Crippen LogP contribution in [0, 0.1) is 0 Å². The Labute approximate surface area is 159 Å². The SMILES string of the molecule is Cn1cccc1[C@H]1CCCN1CC(=O)Nc1ccccc1C(=O)NC1CC1. The number of anilines is 1. The van der Waals surface area contributed by atoms with E-state index >= 15 is 0 Å². The minimum atomic E-state index is -0.115. The van der Waals surface area contributed by atoms with Gasteiger partial charge in [-0.2, -0.15) is 0 Å². The van der Waals surface area contributed by atoms with Crippen LogP contribution < -0.4 is 10.6 Å². The Bertz CT molecular complexity index is 840. The first-order chi connectivity index (χ1) is 13.1. The van der Waals surface area contributed by atoms with Gasteiger partial charge in [-0.15, -0.1) is 0 Å². The van der Waals surface area contributed by atoms with Crippen LogP contribution in [0.4, 0.5) is 5.69 Å². The fourth-order valence-corrected chi connectivity index (χ4v) is 3.83. The number of carbonyl (C=O) groups excluding carboxylic acids is 2. The van der Waals surface area contributed by atoms with E-state index in [0.29, 0.717) is 17.8 Å². The van der Waals surface area contributed by atoms with E-state index in [2.05, 4.69) is 26.2 Å². The molecule has 6 nitrogen and oxygen atoms in total. The summed E-state index contributed by atoms with van der Waals surface area (Å²) in [5.74, 6) is -0.195. The van der Waals surface area contributed by atoms with Crippen molar-refractivity contribution in [3.05, 3.63) is 53.9 Å². The maximum atomic E-state index is 12.7. The number of rotatable bonds is 6. The number of likely N-dealkylation sites (tertiary alicyclic amines) is 1. The van der Waals surface area contributed by atoms with Crippen LogP contribution in [-0.2, 0) is 11.8 Å². The number of nitrogens with zero attached hydrogens (tertiary/aromatic N) is 2. The predicted molar refractivity (Wildman–Crippen MR) is 105 cm³/mol. The lowest BCUT2D eigenvalue weighted by molar-refractivity contribution is -0.117. The standard InChI is InChI=1S/C21H26N4O2/c1-24-12-4-8-18(24)19-9-5-13-25(19)14-20(26)23-17-7-3-2-6-16(17)21(27)22-15-10-11-15/h2-4,6-8,12,15,19H,5,9-11,13-14H2,1H3,(H,22,27)(H,23,26)/t19-/m1/s1. The third-order valence-electron chi connectivity index (χ3n) is 5.39. The Balaban J connectivity index is 1.42. The first-order valence-electron chi connectivity index (χ1n) is 9.67. The Morgan fingerprint density at radius 3 is 2.67 bits per heavy atom. The van der Waals surface area contributed by atoms with Gasteiger partial charge in [-0.05, 0) is 56.5 Å². The number of hydrogen-bond donors (Lipinski definition) is 2. The summed E-state index contributed by atoms with van der Waals surface area (Å²) in [6.45, 7) is 1.24. The summed E-state index contributed by atoms with van der Waals surface area (Å²) in [6, 6.07) is 11.9. The average molecular weight is 366 g/mol.